The molecule has 2 heterocycles. The topological polar surface area (TPSA) is 102 Å². The summed E-state index contributed by atoms with van der Waals surface area (Å²) < 4.78 is 11.8. The number of carbonyl (C=O) groups is 1. The van der Waals surface area contributed by atoms with Gasteiger partial charge in [0.1, 0.15) is 0 Å². The third-order valence-corrected chi connectivity index (χ3v) is 7.05. The van der Waals surface area contributed by atoms with Crippen LogP contribution in [0.5, 0.6) is 11.5 Å². The Bertz CT molecular complexity index is 1340. The fourth-order valence-corrected chi connectivity index (χ4v) is 4.80. The molecule has 33 heavy (non-hydrogen) atoms. The molecule has 0 bridgehead atoms. The second kappa shape index (κ2) is 8.42. The zero-order valence-electron chi connectivity index (χ0n) is 18.7. The maximum atomic E-state index is 13.1. The number of nitrogens with zero attached hydrogens (tertiary/aromatic N) is 1. The van der Waals surface area contributed by atoms with Gasteiger partial charge in [-0.15, -0.1) is 0 Å². The summed E-state index contributed by atoms with van der Waals surface area (Å²) in [5.74, 6) is 2.02. The van der Waals surface area contributed by atoms with E-state index in [2.05, 4.69) is 24.1 Å². The Balaban J connectivity index is 1.41. The molecule has 0 unspecified atom stereocenters. The highest BCUT2D eigenvalue weighted by atomic mass is 16.7. The molecule has 1 aliphatic carbocycles. The van der Waals surface area contributed by atoms with Gasteiger partial charge in [-0.05, 0) is 54.2 Å². The van der Waals surface area contributed by atoms with Crippen molar-refractivity contribution in [3.05, 3.63) is 68.4 Å². The van der Waals surface area contributed by atoms with Crippen molar-refractivity contribution >= 4 is 16.8 Å². The Morgan fingerprint density at radius 2 is 1.91 bits per heavy atom. The first-order valence-corrected chi connectivity index (χ1v) is 11.4. The zero-order valence-corrected chi connectivity index (χ0v) is 18.7. The third-order valence-electron chi connectivity index (χ3n) is 7.05. The van der Waals surface area contributed by atoms with Crippen LogP contribution in [0.1, 0.15) is 49.0 Å². The maximum absolute atomic E-state index is 13.1. The van der Waals surface area contributed by atoms with E-state index in [1.807, 2.05) is 0 Å². The SMILES string of the molecule is C[C@@H]1[C@H](C)CCC[C@H]1NC(=O)c1ccc2c(=O)n(Cc3ccc4c(c3)OCO4)c(=O)[nH]c2c1. The van der Waals surface area contributed by atoms with Crippen molar-refractivity contribution in [3.63, 3.8) is 0 Å². The highest BCUT2D eigenvalue weighted by molar-refractivity contribution is 5.97. The van der Waals surface area contributed by atoms with E-state index in [9.17, 15) is 14.4 Å². The highest BCUT2D eigenvalue weighted by Crippen LogP contribution is 2.32. The number of nitrogens with one attached hydrogen (secondary N) is 2. The molecule has 1 aromatic heterocycles. The number of aromatic amines is 1. The van der Waals surface area contributed by atoms with Crippen molar-refractivity contribution in [3.8, 4) is 11.5 Å². The van der Waals surface area contributed by atoms with Crippen LogP contribution in [0.3, 0.4) is 0 Å². The molecule has 0 saturated heterocycles. The van der Waals surface area contributed by atoms with Crippen LogP contribution in [0.25, 0.3) is 10.9 Å². The van der Waals surface area contributed by atoms with Gasteiger partial charge in [-0.25, -0.2) is 4.79 Å². The molecule has 172 valence electrons. The van der Waals surface area contributed by atoms with Gasteiger partial charge in [-0.2, -0.15) is 0 Å². The summed E-state index contributed by atoms with van der Waals surface area (Å²) in [6.07, 6.45) is 3.25. The number of aromatic nitrogens is 2. The molecule has 1 aliphatic heterocycles. The number of hydrogen-bond donors (Lipinski definition) is 2. The number of ether oxygens (including phenoxy) is 2. The van der Waals surface area contributed by atoms with Crippen LogP contribution in [-0.2, 0) is 6.54 Å². The number of benzene rings is 2. The third kappa shape index (κ3) is 4.01. The van der Waals surface area contributed by atoms with Gasteiger partial charge < -0.3 is 19.8 Å². The van der Waals surface area contributed by atoms with Gasteiger partial charge in [0.25, 0.3) is 11.5 Å². The van der Waals surface area contributed by atoms with E-state index >= 15 is 0 Å². The molecule has 3 aromatic rings. The van der Waals surface area contributed by atoms with Gasteiger partial charge >= 0.3 is 5.69 Å². The summed E-state index contributed by atoms with van der Waals surface area (Å²) in [5, 5.41) is 3.49. The van der Waals surface area contributed by atoms with Crippen molar-refractivity contribution in [2.75, 3.05) is 6.79 Å². The molecule has 2 aliphatic rings. The molecule has 1 saturated carbocycles. The van der Waals surface area contributed by atoms with Gasteiger partial charge in [-0.3, -0.25) is 14.2 Å². The normalized spacial score (nSPS) is 21.8. The minimum Gasteiger partial charge on any atom is -0.454 e. The molecule has 3 atom stereocenters. The van der Waals surface area contributed by atoms with Gasteiger partial charge in [-0.1, -0.05) is 32.8 Å². The smallest absolute Gasteiger partial charge is 0.329 e. The molecule has 8 nitrogen and oxygen atoms in total. The summed E-state index contributed by atoms with van der Waals surface area (Å²) in [5.41, 5.74) is 0.588. The maximum Gasteiger partial charge on any atom is 0.329 e. The fourth-order valence-electron chi connectivity index (χ4n) is 4.80. The number of hydrogen-bond acceptors (Lipinski definition) is 5. The second-order valence-electron chi connectivity index (χ2n) is 9.12. The lowest BCUT2D eigenvalue weighted by molar-refractivity contribution is 0.0891. The lowest BCUT2D eigenvalue weighted by Crippen LogP contribution is -2.43. The molecule has 1 fully saturated rings. The van der Waals surface area contributed by atoms with Gasteiger partial charge in [0.05, 0.1) is 17.4 Å². The molecule has 2 N–H and O–H groups in total. The monoisotopic (exact) mass is 449 g/mol. The van der Waals surface area contributed by atoms with Gasteiger partial charge in [0.15, 0.2) is 11.5 Å². The molecule has 0 radical (unpaired) electrons. The van der Waals surface area contributed by atoms with E-state index in [0.717, 1.165) is 23.0 Å². The molecule has 5 rings (SSSR count). The molecule has 1 amide bonds. The first kappa shape index (κ1) is 21.3. The predicted octanol–water partition coefficient (Wildman–Crippen LogP) is 3.02. The summed E-state index contributed by atoms with van der Waals surface area (Å²) in [4.78, 5) is 41.4. The van der Waals surface area contributed by atoms with E-state index in [1.165, 1.54) is 6.42 Å². The first-order chi connectivity index (χ1) is 15.9. The molecular weight excluding hydrogens is 422 g/mol. The van der Waals surface area contributed by atoms with Gasteiger partial charge in [0, 0.05) is 11.6 Å². The Morgan fingerprint density at radius 3 is 2.76 bits per heavy atom. The summed E-state index contributed by atoms with van der Waals surface area (Å²) >= 11 is 0. The van der Waals surface area contributed by atoms with E-state index in [1.54, 1.807) is 36.4 Å². The fraction of sp³-hybridized carbons (Fsp3) is 0.400. The number of rotatable bonds is 4. The van der Waals surface area contributed by atoms with E-state index in [-0.39, 0.29) is 25.3 Å². The second-order valence-corrected chi connectivity index (χ2v) is 9.12. The molecular formula is C25H27N3O5. The lowest BCUT2D eigenvalue weighted by Gasteiger charge is -2.34. The first-order valence-electron chi connectivity index (χ1n) is 11.4. The van der Waals surface area contributed by atoms with E-state index in [0.29, 0.717) is 39.8 Å². The Kier molecular flexibility index (Phi) is 5.44. The van der Waals surface area contributed by atoms with Crippen molar-refractivity contribution in [2.45, 2.75) is 45.7 Å². The Morgan fingerprint density at radius 1 is 1.09 bits per heavy atom. The highest BCUT2D eigenvalue weighted by Gasteiger charge is 2.28. The van der Waals surface area contributed by atoms with Crippen LogP contribution >= 0.6 is 0 Å². The van der Waals surface area contributed by atoms with Crippen LogP contribution in [0.2, 0.25) is 0 Å². The summed E-state index contributed by atoms with van der Waals surface area (Å²) in [6, 6.07) is 10.3. The van der Waals surface area contributed by atoms with Crippen molar-refractivity contribution in [1.29, 1.82) is 0 Å². The summed E-state index contributed by atoms with van der Waals surface area (Å²) in [7, 11) is 0. The Labute approximate surface area is 190 Å². The minimum absolute atomic E-state index is 0.0980. The molecule has 2 aromatic carbocycles. The quantitative estimate of drug-likeness (QED) is 0.638. The summed E-state index contributed by atoms with van der Waals surface area (Å²) in [6.45, 7) is 4.65. The average molecular weight is 450 g/mol. The van der Waals surface area contributed by atoms with Crippen molar-refractivity contribution in [1.82, 2.24) is 14.9 Å². The number of H-pyrrole nitrogens is 1. The predicted molar refractivity (Wildman–Crippen MR) is 124 cm³/mol. The van der Waals surface area contributed by atoms with Crippen LogP contribution in [0, 0.1) is 11.8 Å². The van der Waals surface area contributed by atoms with E-state index in [4.69, 9.17) is 9.47 Å². The standard InChI is InChI=1S/C25H27N3O5/c1-14-4-3-5-19(15(14)2)26-23(29)17-7-8-18-20(11-17)27-25(31)28(24(18)30)12-16-6-9-21-22(10-16)33-13-32-21/h6-11,14-15,19H,3-5,12-13H2,1-2H3,(H,26,29)(H,27,31)/t14-,15-,19-/m1/s1. The van der Waals surface area contributed by atoms with Crippen LogP contribution in [-0.4, -0.2) is 28.3 Å². The number of carbonyl (C=O) groups excluding carboxylic acids is 1. The Hall–Kier alpha value is -3.55. The number of amides is 1. The van der Waals surface area contributed by atoms with Crippen molar-refractivity contribution in [2.24, 2.45) is 11.8 Å². The van der Waals surface area contributed by atoms with Gasteiger partial charge in [0.2, 0.25) is 6.79 Å². The van der Waals surface area contributed by atoms with E-state index < -0.39 is 11.2 Å². The lowest BCUT2D eigenvalue weighted by atomic mass is 9.78. The molecule has 8 heteroatoms. The minimum atomic E-state index is -0.530. The van der Waals surface area contributed by atoms with Crippen LogP contribution in [0.4, 0.5) is 0 Å². The zero-order chi connectivity index (χ0) is 23.1. The number of fused-ring (bicyclic) bond motifs is 2. The van der Waals surface area contributed by atoms with Crippen LogP contribution < -0.4 is 26.0 Å². The largest absolute Gasteiger partial charge is 0.454 e. The average Bonchev–Trinajstić information content (AvgIpc) is 3.27. The van der Waals surface area contributed by atoms with Crippen molar-refractivity contribution < 1.29 is 14.3 Å². The molecule has 0 spiro atoms. The van der Waals surface area contributed by atoms with Crippen LogP contribution in [0.15, 0.2) is 46.0 Å².